The van der Waals surface area contributed by atoms with Gasteiger partial charge in [-0.2, -0.15) is 4.98 Å². The number of para-hydroxylation sites is 1. The Morgan fingerprint density at radius 1 is 0.742 bits per heavy atom. The molecule has 3 amide bonds. The maximum atomic E-state index is 12.5. The van der Waals surface area contributed by atoms with Gasteiger partial charge in [0.15, 0.2) is 5.82 Å². The van der Waals surface area contributed by atoms with Crippen molar-refractivity contribution in [3.05, 3.63) is 90.3 Å². The molecule has 0 bridgehead atoms. The van der Waals surface area contributed by atoms with E-state index in [9.17, 15) is 9.59 Å². The molecule has 4 aromatic rings. The Labute approximate surface area is 178 Å². The predicted molar refractivity (Wildman–Crippen MR) is 118 cm³/mol. The van der Waals surface area contributed by atoms with Crippen LogP contribution in [0.25, 0.3) is 11.5 Å². The van der Waals surface area contributed by atoms with Crippen molar-refractivity contribution in [3.8, 4) is 11.5 Å². The number of hydrogen-bond donors (Lipinski definition) is 3. The van der Waals surface area contributed by atoms with Gasteiger partial charge in [0.2, 0.25) is 0 Å². The molecule has 154 valence electrons. The van der Waals surface area contributed by atoms with Crippen LogP contribution in [0.15, 0.2) is 83.4 Å². The minimum absolute atomic E-state index is 0.254. The van der Waals surface area contributed by atoms with Gasteiger partial charge in [-0.25, -0.2) is 4.79 Å². The zero-order chi connectivity index (χ0) is 21.6. The monoisotopic (exact) mass is 413 g/mol. The summed E-state index contributed by atoms with van der Waals surface area (Å²) < 4.78 is 5.12. The molecule has 0 aliphatic rings. The number of amides is 3. The van der Waals surface area contributed by atoms with Gasteiger partial charge in [0.05, 0.1) is 0 Å². The third-order valence-corrected chi connectivity index (χ3v) is 4.35. The van der Waals surface area contributed by atoms with E-state index in [1.165, 1.54) is 0 Å². The van der Waals surface area contributed by atoms with Crippen molar-refractivity contribution in [1.29, 1.82) is 0 Å². The molecule has 0 aliphatic heterocycles. The average Bonchev–Trinajstić information content (AvgIpc) is 3.22. The number of rotatable bonds is 5. The van der Waals surface area contributed by atoms with Crippen LogP contribution in [0.2, 0.25) is 0 Å². The van der Waals surface area contributed by atoms with Crippen LogP contribution in [0, 0.1) is 6.92 Å². The van der Waals surface area contributed by atoms with Gasteiger partial charge in [-0.05, 0) is 67.6 Å². The molecule has 0 atom stereocenters. The number of carbonyl (C=O) groups is 2. The van der Waals surface area contributed by atoms with Crippen molar-refractivity contribution in [3.63, 3.8) is 0 Å². The maximum Gasteiger partial charge on any atom is 0.323 e. The molecule has 0 saturated carbocycles. The average molecular weight is 413 g/mol. The summed E-state index contributed by atoms with van der Waals surface area (Å²) in [6.45, 7) is 1.74. The lowest BCUT2D eigenvalue weighted by Gasteiger charge is -2.09. The first-order valence-corrected chi connectivity index (χ1v) is 9.52. The molecule has 0 fully saturated rings. The predicted octanol–water partition coefficient (Wildman–Crippen LogP) is 4.94. The first kappa shape index (κ1) is 19.8. The molecule has 3 aromatic carbocycles. The van der Waals surface area contributed by atoms with E-state index < -0.39 is 0 Å². The van der Waals surface area contributed by atoms with Crippen LogP contribution in [0.4, 0.5) is 21.9 Å². The molecule has 0 saturated heterocycles. The summed E-state index contributed by atoms with van der Waals surface area (Å²) in [5.74, 6) is 0.701. The number of benzene rings is 3. The van der Waals surface area contributed by atoms with E-state index in [1.54, 1.807) is 67.6 Å². The Morgan fingerprint density at radius 2 is 1.32 bits per heavy atom. The zero-order valence-electron chi connectivity index (χ0n) is 16.6. The van der Waals surface area contributed by atoms with Gasteiger partial charge in [-0.15, -0.1) is 0 Å². The lowest BCUT2D eigenvalue weighted by molar-refractivity contribution is 0.102. The standard InChI is InChI=1S/C23H19N5O3/c1-15-24-22(31-28-15)17-9-7-16(8-10-17)21(29)25-19-11-13-20(14-12-19)27-23(30)26-18-5-3-2-4-6-18/h2-14H,1H3,(H,25,29)(H2,26,27,30). The van der Waals surface area contributed by atoms with Gasteiger partial charge in [-0.3, -0.25) is 4.79 Å². The van der Waals surface area contributed by atoms with Crippen LogP contribution in [0.1, 0.15) is 16.2 Å². The molecule has 0 radical (unpaired) electrons. The number of anilines is 3. The molecule has 31 heavy (non-hydrogen) atoms. The van der Waals surface area contributed by atoms with E-state index in [2.05, 4.69) is 26.1 Å². The van der Waals surface area contributed by atoms with Gasteiger partial charge in [0.1, 0.15) is 0 Å². The Morgan fingerprint density at radius 3 is 1.90 bits per heavy atom. The molecule has 8 heteroatoms. The Balaban J connectivity index is 1.34. The Hall–Kier alpha value is -4.46. The summed E-state index contributed by atoms with van der Waals surface area (Å²) in [6, 6.07) is 22.5. The molecule has 0 unspecified atom stereocenters. The van der Waals surface area contributed by atoms with E-state index in [1.807, 2.05) is 18.2 Å². The summed E-state index contributed by atoms with van der Waals surface area (Å²) in [5, 5.41) is 12.1. The SMILES string of the molecule is Cc1noc(-c2ccc(C(=O)Nc3ccc(NC(=O)Nc4ccccc4)cc3)cc2)n1. The lowest BCUT2D eigenvalue weighted by Crippen LogP contribution is -2.19. The first-order valence-electron chi connectivity index (χ1n) is 9.52. The van der Waals surface area contributed by atoms with Crippen LogP contribution in [0.3, 0.4) is 0 Å². The normalized spacial score (nSPS) is 10.4. The van der Waals surface area contributed by atoms with Crippen LogP contribution in [-0.4, -0.2) is 22.1 Å². The smallest absolute Gasteiger partial charge is 0.323 e. The Kier molecular flexibility index (Phi) is 5.70. The topological polar surface area (TPSA) is 109 Å². The van der Waals surface area contributed by atoms with E-state index in [-0.39, 0.29) is 11.9 Å². The van der Waals surface area contributed by atoms with Gasteiger partial charge in [-0.1, -0.05) is 23.4 Å². The molecule has 3 N–H and O–H groups in total. The molecule has 1 heterocycles. The largest absolute Gasteiger partial charge is 0.334 e. The molecule has 4 rings (SSSR count). The molecular formula is C23H19N5O3. The number of nitrogens with zero attached hydrogens (tertiary/aromatic N) is 2. The number of hydrogen-bond acceptors (Lipinski definition) is 5. The highest BCUT2D eigenvalue weighted by Gasteiger charge is 2.10. The van der Waals surface area contributed by atoms with Crippen molar-refractivity contribution < 1.29 is 14.1 Å². The second kappa shape index (κ2) is 8.91. The van der Waals surface area contributed by atoms with Gasteiger partial charge in [0.25, 0.3) is 11.8 Å². The summed E-state index contributed by atoms with van der Waals surface area (Å²) >= 11 is 0. The number of carbonyl (C=O) groups excluding carboxylic acids is 2. The number of nitrogens with one attached hydrogen (secondary N) is 3. The summed E-state index contributed by atoms with van der Waals surface area (Å²) in [6.07, 6.45) is 0. The van der Waals surface area contributed by atoms with Crippen LogP contribution < -0.4 is 16.0 Å². The summed E-state index contributed by atoms with van der Waals surface area (Å²) in [7, 11) is 0. The third-order valence-electron chi connectivity index (χ3n) is 4.35. The lowest BCUT2D eigenvalue weighted by atomic mass is 10.1. The maximum absolute atomic E-state index is 12.5. The van der Waals surface area contributed by atoms with Gasteiger partial charge < -0.3 is 20.5 Å². The second-order valence-electron chi connectivity index (χ2n) is 6.70. The fraction of sp³-hybridized carbons (Fsp3) is 0.0435. The fourth-order valence-electron chi connectivity index (χ4n) is 2.83. The van der Waals surface area contributed by atoms with Crippen molar-refractivity contribution in [2.75, 3.05) is 16.0 Å². The van der Waals surface area contributed by atoms with E-state index >= 15 is 0 Å². The summed E-state index contributed by atoms with van der Waals surface area (Å²) in [4.78, 5) is 28.7. The van der Waals surface area contributed by atoms with E-state index in [4.69, 9.17) is 4.52 Å². The number of urea groups is 1. The van der Waals surface area contributed by atoms with Crippen molar-refractivity contribution in [1.82, 2.24) is 10.1 Å². The minimum atomic E-state index is -0.348. The van der Waals surface area contributed by atoms with Crippen molar-refractivity contribution >= 4 is 29.0 Å². The second-order valence-corrected chi connectivity index (χ2v) is 6.70. The molecular weight excluding hydrogens is 394 g/mol. The quantitative estimate of drug-likeness (QED) is 0.429. The van der Waals surface area contributed by atoms with Crippen LogP contribution in [-0.2, 0) is 0 Å². The fourth-order valence-corrected chi connectivity index (χ4v) is 2.83. The molecule has 0 aliphatic carbocycles. The molecule has 1 aromatic heterocycles. The van der Waals surface area contributed by atoms with Crippen LogP contribution in [0.5, 0.6) is 0 Å². The van der Waals surface area contributed by atoms with E-state index in [0.29, 0.717) is 34.3 Å². The highest BCUT2D eigenvalue weighted by Crippen LogP contribution is 2.19. The van der Waals surface area contributed by atoms with Crippen molar-refractivity contribution in [2.45, 2.75) is 6.92 Å². The first-order chi connectivity index (χ1) is 15.1. The van der Waals surface area contributed by atoms with E-state index in [0.717, 1.165) is 5.56 Å². The van der Waals surface area contributed by atoms with Gasteiger partial charge >= 0.3 is 6.03 Å². The summed E-state index contributed by atoms with van der Waals surface area (Å²) in [5.41, 5.74) is 3.14. The van der Waals surface area contributed by atoms with Crippen LogP contribution >= 0.6 is 0 Å². The minimum Gasteiger partial charge on any atom is -0.334 e. The zero-order valence-corrected chi connectivity index (χ0v) is 16.6. The highest BCUT2D eigenvalue weighted by molar-refractivity contribution is 6.04. The Bertz CT molecular complexity index is 1190. The van der Waals surface area contributed by atoms with Crippen molar-refractivity contribution in [2.24, 2.45) is 0 Å². The van der Waals surface area contributed by atoms with Gasteiger partial charge in [0, 0.05) is 28.2 Å². The highest BCUT2D eigenvalue weighted by atomic mass is 16.5. The number of aryl methyl sites for hydroxylation is 1. The molecule has 0 spiro atoms. The third kappa shape index (κ3) is 5.13. The number of aromatic nitrogens is 2. The molecule has 8 nitrogen and oxygen atoms in total.